The second kappa shape index (κ2) is 4.20. The molecule has 0 spiro atoms. The van der Waals surface area contributed by atoms with E-state index in [0.717, 1.165) is 20.6 Å². The number of rotatable bonds is 1. The zero-order chi connectivity index (χ0) is 12.7. The van der Waals surface area contributed by atoms with E-state index in [4.69, 9.17) is 5.73 Å². The van der Waals surface area contributed by atoms with E-state index in [1.807, 2.05) is 41.9 Å². The lowest BCUT2D eigenvalue weighted by Crippen LogP contribution is -2.02. The van der Waals surface area contributed by atoms with Gasteiger partial charge in [-0.15, -0.1) is 0 Å². The topological polar surface area (TPSA) is 69.1 Å². The number of anilines is 1. The Bertz CT molecular complexity index is 678. The highest BCUT2D eigenvalue weighted by Crippen LogP contribution is 2.21. The lowest BCUT2D eigenvalue weighted by atomic mass is 10.3. The lowest BCUT2D eigenvalue weighted by molar-refractivity contribution is 1.09. The highest BCUT2D eigenvalue weighted by atomic mass is 127. The highest BCUT2D eigenvalue weighted by Gasteiger charge is 2.11. The Morgan fingerprint density at radius 3 is 2.78 bits per heavy atom. The smallest absolute Gasteiger partial charge is 0.182 e. The minimum absolute atomic E-state index is 0.496. The second-order valence-corrected chi connectivity index (χ2v) is 5.00. The predicted molar refractivity (Wildman–Crippen MR) is 78.1 cm³/mol. The first-order valence-corrected chi connectivity index (χ1v) is 6.47. The number of aryl methyl sites for hydroxylation is 1. The summed E-state index contributed by atoms with van der Waals surface area (Å²) in [5.74, 6) is 1.06. The fourth-order valence-electron chi connectivity index (χ4n) is 1.74. The number of hydrogen-bond donors (Lipinski definition) is 1. The number of nitrogen functional groups attached to an aromatic ring is 1. The average molecular weight is 351 g/mol. The molecule has 0 fully saturated rings. The minimum Gasteiger partial charge on any atom is -0.383 e. The number of imidazole rings is 1. The van der Waals surface area contributed by atoms with Gasteiger partial charge in [0, 0.05) is 12.4 Å². The zero-order valence-electron chi connectivity index (χ0n) is 9.63. The maximum Gasteiger partial charge on any atom is 0.182 e. The number of fused-ring (bicyclic) bond motifs is 1. The quantitative estimate of drug-likeness (QED) is 0.683. The Labute approximate surface area is 117 Å². The molecule has 2 N–H and O–H groups in total. The van der Waals surface area contributed by atoms with Crippen LogP contribution in [0.15, 0.2) is 30.6 Å². The van der Waals surface area contributed by atoms with E-state index in [1.165, 1.54) is 0 Å². The molecule has 6 heteroatoms. The Hall–Kier alpha value is -1.70. The van der Waals surface area contributed by atoms with Crippen LogP contribution in [0.25, 0.3) is 17.2 Å². The van der Waals surface area contributed by atoms with Gasteiger partial charge in [-0.1, -0.05) is 6.07 Å². The molecular formula is C12H10IN5. The summed E-state index contributed by atoms with van der Waals surface area (Å²) < 4.78 is 2.82. The molecule has 0 amide bonds. The molecule has 0 unspecified atom stereocenters. The van der Waals surface area contributed by atoms with Gasteiger partial charge >= 0.3 is 0 Å². The van der Waals surface area contributed by atoms with Crippen LogP contribution in [0.4, 0.5) is 5.82 Å². The molecule has 0 aliphatic carbocycles. The number of halogens is 1. The molecule has 0 aromatic carbocycles. The van der Waals surface area contributed by atoms with Gasteiger partial charge in [0.05, 0.1) is 9.26 Å². The SMILES string of the molecule is Cc1nc(-c2cn3ccccc3n2)nc(N)c1I. The van der Waals surface area contributed by atoms with Crippen LogP contribution in [0.5, 0.6) is 0 Å². The summed E-state index contributed by atoms with van der Waals surface area (Å²) >= 11 is 2.14. The lowest BCUT2D eigenvalue weighted by Gasteiger charge is -2.03. The molecule has 0 bridgehead atoms. The Morgan fingerprint density at radius 1 is 1.22 bits per heavy atom. The maximum absolute atomic E-state index is 5.86. The van der Waals surface area contributed by atoms with E-state index in [9.17, 15) is 0 Å². The monoisotopic (exact) mass is 351 g/mol. The van der Waals surface area contributed by atoms with Crippen LogP contribution in [0.3, 0.4) is 0 Å². The Morgan fingerprint density at radius 2 is 2.06 bits per heavy atom. The molecule has 0 saturated heterocycles. The van der Waals surface area contributed by atoms with Crippen molar-refractivity contribution in [2.45, 2.75) is 6.92 Å². The van der Waals surface area contributed by atoms with Crippen molar-refractivity contribution in [1.29, 1.82) is 0 Å². The fraction of sp³-hybridized carbons (Fsp3) is 0.0833. The molecule has 90 valence electrons. The fourth-order valence-corrected chi connectivity index (χ4v) is 1.98. The van der Waals surface area contributed by atoms with E-state index < -0.39 is 0 Å². The predicted octanol–water partition coefficient (Wildman–Crippen LogP) is 2.29. The number of pyridine rings is 1. The van der Waals surface area contributed by atoms with Crippen LogP contribution < -0.4 is 5.73 Å². The molecule has 18 heavy (non-hydrogen) atoms. The molecule has 3 heterocycles. The summed E-state index contributed by atoms with van der Waals surface area (Å²) in [4.78, 5) is 13.2. The summed E-state index contributed by atoms with van der Waals surface area (Å²) in [6.45, 7) is 1.92. The number of nitrogens with two attached hydrogens (primary N) is 1. The molecule has 3 aromatic heterocycles. The Balaban J connectivity index is 2.20. The molecular weight excluding hydrogens is 341 g/mol. The summed E-state index contributed by atoms with van der Waals surface area (Å²) in [6, 6.07) is 5.83. The van der Waals surface area contributed by atoms with Gasteiger partial charge in [-0.2, -0.15) is 0 Å². The van der Waals surface area contributed by atoms with Crippen molar-refractivity contribution in [2.24, 2.45) is 0 Å². The van der Waals surface area contributed by atoms with Crippen LogP contribution in [-0.2, 0) is 0 Å². The van der Waals surface area contributed by atoms with Crippen molar-refractivity contribution < 1.29 is 0 Å². The maximum atomic E-state index is 5.86. The molecule has 5 nitrogen and oxygen atoms in total. The van der Waals surface area contributed by atoms with Crippen LogP contribution >= 0.6 is 22.6 Å². The standard InChI is InChI=1S/C12H10IN5/c1-7-10(13)11(14)17-12(15-7)8-6-18-5-3-2-4-9(18)16-8/h2-6H,1H3,(H2,14,15,17). The molecule has 0 aliphatic heterocycles. The number of aromatic nitrogens is 4. The van der Waals surface area contributed by atoms with E-state index in [-0.39, 0.29) is 0 Å². The summed E-state index contributed by atoms with van der Waals surface area (Å²) in [6.07, 6.45) is 3.84. The third-order valence-electron chi connectivity index (χ3n) is 2.64. The first kappa shape index (κ1) is 11.4. The van der Waals surface area contributed by atoms with Gasteiger partial charge in [-0.3, -0.25) is 0 Å². The van der Waals surface area contributed by atoms with Gasteiger partial charge in [0.25, 0.3) is 0 Å². The van der Waals surface area contributed by atoms with Gasteiger partial charge in [-0.05, 0) is 41.6 Å². The summed E-state index contributed by atoms with van der Waals surface area (Å²) in [5.41, 5.74) is 8.33. The van der Waals surface area contributed by atoms with Crippen molar-refractivity contribution in [3.05, 3.63) is 39.9 Å². The summed E-state index contributed by atoms with van der Waals surface area (Å²) in [5, 5.41) is 0. The summed E-state index contributed by atoms with van der Waals surface area (Å²) in [7, 11) is 0. The van der Waals surface area contributed by atoms with Gasteiger partial charge < -0.3 is 10.1 Å². The average Bonchev–Trinajstić information content (AvgIpc) is 2.79. The van der Waals surface area contributed by atoms with Crippen molar-refractivity contribution in [3.8, 4) is 11.5 Å². The van der Waals surface area contributed by atoms with Gasteiger partial charge in [0.15, 0.2) is 5.82 Å². The van der Waals surface area contributed by atoms with Crippen LogP contribution in [0.2, 0.25) is 0 Å². The van der Waals surface area contributed by atoms with E-state index in [2.05, 4.69) is 37.5 Å². The van der Waals surface area contributed by atoms with E-state index in [1.54, 1.807) is 0 Å². The second-order valence-electron chi connectivity index (χ2n) is 3.92. The van der Waals surface area contributed by atoms with Crippen molar-refractivity contribution in [1.82, 2.24) is 19.4 Å². The molecule has 3 aromatic rings. The third kappa shape index (κ3) is 1.82. The van der Waals surface area contributed by atoms with Crippen LogP contribution in [0.1, 0.15) is 5.69 Å². The molecule has 0 saturated carbocycles. The van der Waals surface area contributed by atoms with Gasteiger partial charge in [-0.25, -0.2) is 15.0 Å². The molecule has 0 atom stereocenters. The van der Waals surface area contributed by atoms with E-state index >= 15 is 0 Å². The first-order valence-electron chi connectivity index (χ1n) is 5.39. The molecule has 3 rings (SSSR count). The minimum atomic E-state index is 0.496. The van der Waals surface area contributed by atoms with Gasteiger partial charge in [0.1, 0.15) is 17.2 Å². The number of nitrogens with zero attached hydrogens (tertiary/aromatic N) is 4. The highest BCUT2D eigenvalue weighted by molar-refractivity contribution is 14.1. The normalized spacial score (nSPS) is 11.0. The molecule has 0 radical (unpaired) electrons. The number of hydrogen-bond acceptors (Lipinski definition) is 4. The van der Waals surface area contributed by atoms with E-state index in [0.29, 0.717) is 11.6 Å². The van der Waals surface area contributed by atoms with Crippen molar-refractivity contribution in [2.75, 3.05) is 5.73 Å². The van der Waals surface area contributed by atoms with Crippen molar-refractivity contribution >= 4 is 34.1 Å². The molecule has 0 aliphatic rings. The first-order chi connectivity index (χ1) is 8.65. The van der Waals surface area contributed by atoms with Gasteiger partial charge in [0.2, 0.25) is 0 Å². The third-order valence-corrected chi connectivity index (χ3v) is 3.97. The van der Waals surface area contributed by atoms with Crippen molar-refractivity contribution in [3.63, 3.8) is 0 Å². The zero-order valence-corrected chi connectivity index (χ0v) is 11.8. The van der Waals surface area contributed by atoms with Crippen LogP contribution in [-0.4, -0.2) is 19.4 Å². The van der Waals surface area contributed by atoms with Crippen LogP contribution in [0, 0.1) is 10.5 Å². The largest absolute Gasteiger partial charge is 0.383 e. The Kier molecular flexibility index (Phi) is 2.66.